The molecule has 1 aromatic rings. The lowest BCUT2D eigenvalue weighted by atomic mass is 10.0. The van der Waals surface area contributed by atoms with Gasteiger partial charge in [-0.3, -0.25) is 0 Å². The Balaban J connectivity index is 3.09. The quantitative estimate of drug-likeness (QED) is 0.801. The third-order valence-electron chi connectivity index (χ3n) is 2.86. The Morgan fingerprint density at radius 3 is 2.35 bits per heavy atom. The molecule has 0 aromatic heterocycles. The highest BCUT2D eigenvalue weighted by Gasteiger charge is 2.26. The number of aryl methyl sites for hydroxylation is 1. The van der Waals surface area contributed by atoms with Crippen molar-refractivity contribution in [2.45, 2.75) is 23.9 Å². The van der Waals surface area contributed by atoms with Crippen molar-refractivity contribution < 1.29 is 13.2 Å². The van der Waals surface area contributed by atoms with Gasteiger partial charge in [-0.1, -0.05) is 22.0 Å². The van der Waals surface area contributed by atoms with Gasteiger partial charge >= 0.3 is 0 Å². The third kappa shape index (κ3) is 3.45. The van der Waals surface area contributed by atoms with Crippen molar-refractivity contribution in [1.29, 1.82) is 0 Å². The first kappa shape index (κ1) is 14.5. The van der Waals surface area contributed by atoms with Gasteiger partial charge in [0, 0.05) is 6.26 Å². The van der Waals surface area contributed by atoms with Crippen LogP contribution >= 0.6 is 15.9 Å². The maximum Gasteiger partial charge on any atom is 0.151 e. The predicted molar refractivity (Wildman–Crippen MR) is 73.7 cm³/mol. The lowest BCUT2D eigenvalue weighted by Crippen LogP contribution is -2.21. The topological polar surface area (TPSA) is 43.4 Å². The van der Waals surface area contributed by atoms with E-state index in [1.54, 1.807) is 14.0 Å². The molecule has 0 aliphatic heterocycles. The summed E-state index contributed by atoms with van der Waals surface area (Å²) in [5.74, 6) is 0.776. The molecule has 0 spiro atoms. The fourth-order valence-electron chi connectivity index (χ4n) is 1.55. The molecule has 96 valence electrons. The van der Waals surface area contributed by atoms with Crippen molar-refractivity contribution in [3.63, 3.8) is 0 Å². The van der Waals surface area contributed by atoms with Crippen LogP contribution in [0.4, 0.5) is 0 Å². The average molecular weight is 321 g/mol. The summed E-state index contributed by atoms with van der Waals surface area (Å²) < 4.78 is 28.2. The van der Waals surface area contributed by atoms with Gasteiger partial charge < -0.3 is 4.74 Å². The number of benzene rings is 1. The molecule has 1 aromatic carbocycles. The highest BCUT2D eigenvalue weighted by Crippen LogP contribution is 2.33. The number of rotatable bonds is 4. The van der Waals surface area contributed by atoms with E-state index in [4.69, 9.17) is 4.74 Å². The van der Waals surface area contributed by atoms with Crippen molar-refractivity contribution in [3.05, 3.63) is 29.3 Å². The predicted octanol–water partition coefficient (Wildman–Crippen LogP) is 2.87. The van der Waals surface area contributed by atoms with E-state index < -0.39 is 15.1 Å². The number of hydrogen-bond acceptors (Lipinski definition) is 3. The minimum atomic E-state index is -3.06. The van der Waals surface area contributed by atoms with Crippen LogP contribution in [0.5, 0.6) is 5.75 Å². The Morgan fingerprint density at radius 2 is 1.94 bits per heavy atom. The zero-order valence-corrected chi connectivity index (χ0v) is 12.8. The molecule has 0 aliphatic carbocycles. The van der Waals surface area contributed by atoms with E-state index in [2.05, 4.69) is 15.9 Å². The third-order valence-corrected chi connectivity index (χ3v) is 6.12. The molecule has 5 heteroatoms. The van der Waals surface area contributed by atoms with E-state index in [1.165, 1.54) is 6.26 Å². The molecule has 0 N–H and O–H groups in total. The first-order chi connectivity index (χ1) is 7.77. The van der Waals surface area contributed by atoms with Crippen molar-refractivity contribution >= 4 is 25.8 Å². The van der Waals surface area contributed by atoms with Gasteiger partial charge in [-0.05, 0) is 37.1 Å². The van der Waals surface area contributed by atoms with E-state index in [9.17, 15) is 8.42 Å². The standard InChI is InChI=1S/C12H17BrO3S/c1-8-7-10(16-3)5-6-11(8)12(13)9(2)17(4,14)15/h5-7,9,12H,1-4H3. The summed E-state index contributed by atoms with van der Waals surface area (Å²) in [6.07, 6.45) is 1.25. The minimum Gasteiger partial charge on any atom is -0.497 e. The number of methoxy groups -OCH3 is 1. The van der Waals surface area contributed by atoms with Gasteiger partial charge in [-0.2, -0.15) is 0 Å². The van der Waals surface area contributed by atoms with Gasteiger partial charge in [0.1, 0.15) is 5.75 Å². The molecule has 2 atom stereocenters. The molecule has 0 saturated carbocycles. The van der Waals surface area contributed by atoms with Crippen LogP contribution in [-0.2, 0) is 9.84 Å². The molecular weight excluding hydrogens is 304 g/mol. The molecule has 0 aliphatic rings. The van der Waals surface area contributed by atoms with Crippen LogP contribution in [-0.4, -0.2) is 27.0 Å². The zero-order valence-electron chi connectivity index (χ0n) is 10.4. The number of ether oxygens (including phenoxy) is 1. The Hall–Kier alpha value is -0.550. The Morgan fingerprint density at radius 1 is 1.35 bits per heavy atom. The first-order valence-electron chi connectivity index (χ1n) is 5.25. The summed E-state index contributed by atoms with van der Waals surface area (Å²) in [7, 11) is -1.45. The maximum atomic E-state index is 11.5. The van der Waals surface area contributed by atoms with Crippen molar-refractivity contribution in [1.82, 2.24) is 0 Å². The summed E-state index contributed by atoms with van der Waals surface area (Å²) in [5, 5.41) is -0.463. The fraction of sp³-hybridized carbons (Fsp3) is 0.500. The molecule has 1 rings (SSSR count). The lowest BCUT2D eigenvalue weighted by molar-refractivity contribution is 0.414. The summed E-state index contributed by atoms with van der Waals surface area (Å²) >= 11 is 3.46. The van der Waals surface area contributed by atoms with Gasteiger partial charge in [0.05, 0.1) is 17.2 Å². The summed E-state index contributed by atoms with van der Waals surface area (Å²) in [4.78, 5) is -0.205. The van der Waals surface area contributed by atoms with Crippen molar-refractivity contribution in [2.75, 3.05) is 13.4 Å². The van der Waals surface area contributed by atoms with Crippen molar-refractivity contribution in [2.24, 2.45) is 0 Å². The molecule has 0 heterocycles. The SMILES string of the molecule is COc1ccc(C(Br)C(C)S(C)(=O)=O)c(C)c1. The Bertz CT molecular complexity index is 496. The average Bonchev–Trinajstić information content (AvgIpc) is 2.25. The fourth-order valence-corrected chi connectivity index (χ4v) is 3.82. The highest BCUT2D eigenvalue weighted by atomic mass is 79.9. The second-order valence-corrected chi connectivity index (χ2v) is 7.55. The van der Waals surface area contributed by atoms with Gasteiger partial charge in [0.25, 0.3) is 0 Å². The normalized spacial score (nSPS) is 15.4. The molecule has 2 unspecified atom stereocenters. The molecule has 0 bridgehead atoms. The molecule has 3 nitrogen and oxygen atoms in total. The van der Waals surface area contributed by atoms with Crippen LogP contribution in [0.2, 0.25) is 0 Å². The number of hydrogen-bond donors (Lipinski definition) is 0. The molecule has 0 fully saturated rings. The second kappa shape index (κ2) is 5.40. The number of halogens is 1. The van der Waals surface area contributed by atoms with E-state index in [1.807, 2.05) is 25.1 Å². The van der Waals surface area contributed by atoms with Gasteiger partial charge in [-0.25, -0.2) is 8.42 Å². The molecule has 0 saturated heterocycles. The van der Waals surface area contributed by atoms with E-state index in [0.29, 0.717) is 0 Å². The summed E-state index contributed by atoms with van der Waals surface area (Å²) in [5.41, 5.74) is 1.99. The van der Waals surface area contributed by atoms with Crippen LogP contribution in [0.1, 0.15) is 22.9 Å². The van der Waals surface area contributed by atoms with Gasteiger partial charge in [-0.15, -0.1) is 0 Å². The van der Waals surface area contributed by atoms with Crippen LogP contribution < -0.4 is 4.74 Å². The van der Waals surface area contributed by atoms with Crippen LogP contribution in [0, 0.1) is 6.92 Å². The molecule has 0 amide bonds. The highest BCUT2D eigenvalue weighted by molar-refractivity contribution is 9.09. The van der Waals surface area contributed by atoms with Crippen LogP contribution in [0.25, 0.3) is 0 Å². The lowest BCUT2D eigenvalue weighted by Gasteiger charge is -2.19. The maximum absolute atomic E-state index is 11.5. The van der Waals surface area contributed by atoms with Crippen molar-refractivity contribution in [3.8, 4) is 5.75 Å². The van der Waals surface area contributed by atoms with Crippen LogP contribution in [0.3, 0.4) is 0 Å². The zero-order chi connectivity index (χ0) is 13.2. The monoisotopic (exact) mass is 320 g/mol. The van der Waals surface area contributed by atoms with Gasteiger partial charge in [0.2, 0.25) is 0 Å². The summed E-state index contributed by atoms with van der Waals surface area (Å²) in [6, 6.07) is 5.64. The van der Waals surface area contributed by atoms with Crippen LogP contribution in [0.15, 0.2) is 18.2 Å². The summed E-state index contributed by atoms with van der Waals surface area (Å²) in [6.45, 7) is 3.65. The molecular formula is C12H17BrO3S. The largest absolute Gasteiger partial charge is 0.497 e. The van der Waals surface area contributed by atoms with Gasteiger partial charge in [0.15, 0.2) is 9.84 Å². The minimum absolute atomic E-state index is 0.205. The second-order valence-electron chi connectivity index (χ2n) is 4.16. The Labute approximate surface area is 111 Å². The molecule has 17 heavy (non-hydrogen) atoms. The van der Waals surface area contributed by atoms with E-state index in [-0.39, 0.29) is 4.83 Å². The first-order valence-corrected chi connectivity index (χ1v) is 8.12. The number of alkyl halides is 1. The number of sulfone groups is 1. The Kier molecular flexibility index (Phi) is 4.61. The molecule has 0 radical (unpaired) electrons. The van der Waals surface area contributed by atoms with E-state index >= 15 is 0 Å². The smallest absolute Gasteiger partial charge is 0.151 e. The van der Waals surface area contributed by atoms with E-state index in [0.717, 1.165) is 16.9 Å².